The molecule has 0 atom stereocenters. The number of carbonyl (C=O) groups excluding carboxylic acids is 1. The van der Waals surface area contributed by atoms with Gasteiger partial charge >= 0.3 is 5.38 Å². The summed E-state index contributed by atoms with van der Waals surface area (Å²) >= 11 is 4.71. The first-order chi connectivity index (χ1) is 7.77. The number of alkyl halides is 3. The van der Waals surface area contributed by atoms with Crippen LogP contribution in [-0.2, 0) is 0 Å². The highest BCUT2D eigenvalue weighted by Crippen LogP contribution is 2.29. The van der Waals surface area contributed by atoms with Crippen LogP contribution in [0.1, 0.15) is 28.4 Å². The average Bonchev–Trinajstić information content (AvgIpc) is 2.20. The molecule has 0 fully saturated rings. The molecule has 0 aromatic heterocycles. The molecule has 0 aliphatic heterocycles. The molecule has 0 aliphatic carbocycles. The second-order valence-corrected chi connectivity index (χ2v) is 4.17. The van der Waals surface area contributed by atoms with E-state index in [0.29, 0.717) is 23.5 Å². The molecule has 1 aromatic carbocycles. The Hall–Kier alpha value is -1.16. The molecule has 1 rings (SSSR count). The fraction of sp³-hybridized carbons (Fsp3) is 0.417. The van der Waals surface area contributed by atoms with Gasteiger partial charge in [0.1, 0.15) is 5.75 Å². The number of hydrogen-bond donors (Lipinski definition) is 0. The highest BCUT2D eigenvalue weighted by atomic mass is 35.5. The molecule has 0 radical (unpaired) electrons. The summed E-state index contributed by atoms with van der Waals surface area (Å²) in [6.45, 7) is 5.69. The molecule has 5 heteroatoms. The molecular formula is C12H13ClF2O2. The number of Topliss-reactive ketones (excluding diaryl/α,β-unsaturated/α-hetero) is 1. The van der Waals surface area contributed by atoms with Crippen LogP contribution in [0.25, 0.3) is 0 Å². The van der Waals surface area contributed by atoms with Gasteiger partial charge < -0.3 is 4.74 Å². The zero-order valence-electron chi connectivity index (χ0n) is 9.81. The third-order valence-corrected chi connectivity index (χ3v) is 2.44. The number of rotatable bonds is 4. The minimum Gasteiger partial charge on any atom is -0.493 e. The van der Waals surface area contributed by atoms with Crippen LogP contribution in [0.15, 0.2) is 12.1 Å². The quantitative estimate of drug-likeness (QED) is 0.611. The lowest BCUT2D eigenvalue weighted by Crippen LogP contribution is -2.21. The van der Waals surface area contributed by atoms with Gasteiger partial charge in [0.05, 0.1) is 6.61 Å². The van der Waals surface area contributed by atoms with Gasteiger partial charge in [-0.3, -0.25) is 4.79 Å². The SMILES string of the molecule is CCOc1c(C)cc(C(=O)C(F)(F)Cl)cc1C. The van der Waals surface area contributed by atoms with Crippen LogP contribution in [-0.4, -0.2) is 17.8 Å². The van der Waals surface area contributed by atoms with Crippen LogP contribution in [0.5, 0.6) is 5.75 Å². The Balaban J connectivity index is 3.19. The van der Waals surface area contributed by atoms with Crippen LogP contribution in [0.2, 0.25) is 0 Å². The number of halogens is 3. The standard InChI is InChI=1S/C12H13ClF2O2/c1-4-17-10-7(2)5-9(6-8(10)3)11(16)12(13,14)15/h5-6H,4H2,1-3H3. The fourth-order valence-corrected chi connectivity index (χ4v) is 1.73. The molecule has 0 amide bonds. The molecule has 94 valence electrons. The van der Waals surface area contributed by atoms with E-state index < -0.39 is 11.2 Å². The largest absolute Gasteiger partial charge is 0.493 e. The number of aryl methyl sites for hydroxylation is 2. The topological polar surface area (TPSA) is 26.3 Å². The van der Waals surface area contributed by atoms with Gasteiger partial charge in [0.2, 0.25) is 5.78 Å². The van der Waals surface area contributed by atoms with Crippen molar-refractivity contribution in [1.82, 2.24) is 0 Å². The van der Waals surface area contributed by atoms with Crippen molar-refractivity contribution < 1.29 is 18.3 Å². The van der Waals surface area contributed by atoms with Crippen molar-refractivity contribution in [3.8, 4) is 5.75 Å². The lowest BCUT2D eigenvalue weighted by atomic mass is 10.0. The summed E-state index contributed by atoms with van der Waals surface area (Å²) in [5, 5.41) is -3.87. The van der Waals surface area contributed by atoms with Crippen LogP contribution in [0, 0.1) is 13.8 Å². The molecule has 0 spiro atoms. The van der Waals surface area contributed by atoms with Gasteiger partial charge in [-0.25, -0.2) is 0 Å². The molecule has 0 saturated carbocycles. The Kier molecular flexibility index (Phi) is 4.09. The highest BCUT2D eigenvalue weighted by molar-refractivity contribution is 6.35. The van der Waals surface area contributed by atoms with E-state index in [1.54, 1.807) is 13.8 Å². The van der Waals surface area contributed by atoms with Crippen molar-refractivity contribution >= 4 is 17.4 Å². The maximum Gasteiger partial charge on any atom is 0.384 e. The summed E-state index contributed by atoms with van der Waals surface area (Å²) < 4.78 is 30.8. The first-order valence-corrected chi connectivity index (χ1v) is 5.50. The molecule has 0 bridgehead atoms. The summed E-state index contributed by atoms with van der Waals surface area (Å²) in [6, 6.07) is 2.72. The van der Waals surface area contributed by atoms with E-state index in [1.807, 2.05) is 6.92 Å². The molecule has 0 saturated heterocycles. The van der Waals surface area contributed by atoms with Crippen molar-refractivity contribution in [2.75, 3.05) is 6.61 Å². The zero-order valence-corrected chi connectivity index (χ0v) is 10.6. The highest BCUT2D eigenvalue weighted by Gasteiger charge is 2.36. The third-order valence-electron chi connectivity index (χ3n) is 2.27. The molecule has 1 aromatic rings. The number of benzene rings is 1. The number of carbonyl (C=O) groups is 1. The van der Waals surface area contributed by atoms with Gasteiger partial charge in [0.15, 0.2) is 0 Å². The van der Waals surface area contributed by atoms with Gasteiger partial charge in [-0.15, -0.1) is 0 Å². The second kappa shape index (κ2) is 5.00. The van der Waals surface area contributed by atoms with Gasteiger partial charge in [-0.05, 0) is 55.6 Å². The van der Waals surface area contributed by atoms with Crippen LogP contribution in [0.4, 0.5) is 8.78 Å². The molecule has 0 unspecified atom stereocenters. The summed E-state index contributed by atoms with van der Waals surface area (Å²) in [4.78, 5) is 11.3. The lowest BCUT2D eigenvalue weighted by Gasteiger charge is -2.13. The van der Waals surface area contributed by atoms with Crippen molar-refractivity contribution in [2.24, 2.45) is 0 Å². The van der Waals surface area contributed by atoms with Crippen LogP contribution < -0.4 is 4.74 Å². The maximum absolute atomic E-state index is 12.7. The van der Waals surface area contributed by atoms with Crippen molar-refractivity contribution in [3.63, 3.8) is 0 Å². The molecular weight excluding hydrogens is 250 g/mol. The van der Waals surface area contributed by atoms with Gasteiger partial charge in [-0.1, -0.05) is 0 Å². The van der Waals surface area contributed by atoms with Crippen LogP contribution in [0.3, 0.4) is 0 Å². The summed E-state index contributed by atoms with van der Waals surface area (Å²) in [5.41, 5.74) is 1.16. The van der Waals surface area contributed by atoms with E-state index in [2.05, 4.69) is 0 Å². The van der Waals surface area contributed by atoms with Gasteiger partial charge in [0.25, 0.3) is 0 Å². The van der Waals surface area contributed by atoms with Crippen molar-refractivity contribution in [1.29, 1.82) is 0 Å². The molecule has 0 N–H and O–H groups in total. The molecule has 0 aliphatic rings. The third kappa shape index (κ3) is 3.16. The van der Waals surface area contributed by atoms with E-state index in [0.717, 1.165) is 0 Å². The number of ketones is 1. The van der Waals surface area contributed by atoms with E-state index in [9.17, 15) is 13.6 Å². The zero-order chi connectivity index (χ0) is 13.2. The second-order valence-electron chi connectivity index (χ2n) is 3.70. The molecule has 2 nitrogen and oxygen atoms in total. The minimum atomic E-state index is -3.87. The molecule has 0 heterocycles. The Labute approximate surface area is 104 Å². The Morgan fingerprint density at radius 3 is 2.18 bits per heavy atom. The van der Waals surface area contributed by atoms with Crippen LogP contribution >= 0.6 is 11.6 Å². The normalized spacial score (nSPS) is 11.4. The summed E-state index contributed by atoms with van der Waals surface area (Å²) in [5.74, 6) is -0.782. The van der Waals surface area contributed by atoms with E-state index >= 15 is 0 Å². The monoisotopic (exact) mass is 262 g/mol. The average molecular weight is 263 g/mol. The summed E-state index contributed by atoms with van der Waals surface area (Å²) in [7, 11) is 0. The smallest absolute Gasteiger partial charge is 0.384 e. The first-order valence-electron chi connectivity index (χ1n) is 5.13. The Morgan fingerprint density at radius 1 is 1.35 bits per heavy atom. The van der Waals surface area contributed by atoms with E-state index in [-0.39, 0.29) is 5.56 Å². The maximum atomic E-state index is 12.7. The summed E-state index contributed by atoms with van der Waals surface area (Å²) in [6.07, 6.45) is 0. The first kappa shape index (κ1) is 13.9. The predicted molar refractivity (Wildman–Crippen MR) is 62.2 cm³/mol. The number of ether oxygens (including phenoxy) is 1. The van der Waals surface area contributed by atoms with Gasteiger partial charge in [-0.2, -0.15) is 8.78 Å². The van der Waals surface area contributed by atoms with E-state index in [4.69, 9.17) is 16.3 Å². The Morgan fingerprint density at radius 2 is 1.82 bits per heavy atom. The van der Waals surface area contributed by atoms with Gasteiger partial charge in [0, 0.05) is 5.56 Å². The minimum absolute atomic E-state index is 0.108. The Bertz CT molecular complexity index is 416. The van der Waals surface area contributed by atoms with Crippen molar-refractivity contribution in [3.05, 3.63) is 28.8 Å². The van der Waals surface area contributed by atoms with Crippen molar-refractivity contribution in [2.45, 2.75) is 26.2 Å². The predicted octanol–water partition coefficient (Wildman–Crippen LogP) is 3.72. The van der Waals surface area contributed by atoms with E-state index in [1.165, 1.54) is 12.1 Å². The number of hydrogen-bond acceptors (Lipinski definition) is 2. The fourth-order valence-electron chi connectivity index (χ4n) is 1.62. The molecule has 17 heavy (non-hydrogen) atoms. The lowest BCUT2D eigenvalue weighted by molar-refractivity contribution is 0.0536.